The molecule has 162 valence electrons. The van der Waals surface area contributed by atoms with Crippen LogP contribution in [0.4, 0.5) is 10.5 Å². The standard InChI is InChI=1S/C20H30N2O6S/c1-12(2)29(26,27)15-8-7-13(21)11-14(15)16-20(6,17(23)24)9-10-22(16)18(25)28-19(3,4)5/h7-8,11-12,16H,9-10,21H2,1-6H3,(H,23,24)/t16-,20-/m0/s1. The lowest BCUT2D eigenvalue weighted by molar-refractivity contribution is -0.149. The van der Waals surface area contributed by atoms with Gasteiger partial charge in [0.15, 0.2) is 9.84 Å². The second-order valence-electron chi connectivity index (χ2n) is 8.94. The van der Waals surface area contributed by atoms with Crippen LogP contribution in [0.25, 0.3) is 0 Å². The number of rotatable bonds is 4. The van der Waals surface area contributed by atoms with Gasteiger partial charge in [0, 0.05) is 12.2 Å². The molecule has 1 aromatic carbocycles. The molecule has 0 aliphatic carbocycles. The highest BCUT2D eigenvalue weighted by molar-refractivity contribution is 7.92. The second kappa shape index (κ2) is 7.51. The van der Waals surface area contributed by atoms with Crippen LogP contribution in [-0.2, 0) is 19.4 Å². The minimum Gasteiger partial charge on any atom is -0.481 e. The van der Waals surface area contributed by atoms with Crippen LogP contribution in [0.15, 0.2) is 23.1 Å². The van der Waals surface area contributed by atoms with Gasteiger partial charge in [-0.15, -0.1) is 0 Å². The lowest BCUT2D eigenvalue weighted by atomic mass is 9.79. The van der Waals surface area contributed by atoms with Crippen molar-refractivity contribution in [2.75, 3.05) is 12.3 Å². The predicted molar refractivity (Wildman–Crippen MR) is 109 cm³/mol. The van der Waals surface area contributed by atoms with Crippen LogP contribution < -0.4 is 5.73 Å². The van der Waals surface area contributed by atoms with Crippen LogP contribution in [0.5, 0.6) is 0 Å². The fourth-order valence-electron chi connectivity index (χ4n) is 3.51. The van der Waals surface area contributed by atoms with E-state index in [-0.39, 0.29) is 29.1 Å². The molecule has 1 amide bonds. The molecule has 1 fully saturated rings. The summed E-state index contributed by atoms with van der Waals surface area (Å²) in [6, 6.07) is 3.25. The molecule has 9 heteroatoms. The average molecular weight is 427 g/mol. The molecule has 0 bridgehead atoms. The number of hydrogen-bond donors (Lipinski definition) is 2. The van der Waals surface area contributed by atoms with E-state index < -0.39 is 44.2 Å². The van der Waals surface area contributed by atoms with Gasteiger partial charge in [0.25, 0.3) is 0 Å². The number of nitrogens with two attached hydrogens (primary N) is 1. The van der Waals surface area contributed by atoms with Gasteiger partial charge in [0.05, 0.1) is 21.6 Å². The molecular weight excluding hydrogens is 396 g/mol. The van der Waals surface area contributed by atoms with Crippen molar-refractivity contribution in [3.8, 4) is 0 Å². The Balaban J connectivity index is 2.73. The second-order valence-corrected chi connectivity index (χ2v) is 11.4. The van der Waals surface area contributed by atoms with Crippen LogP contribution in [0.1, 0.15) is 59.6 Å². The van der Waals surface area contributed by atoms with E-state index in [4.69, 9.17) is 10.5 Å². The van der Waals surface area contributed by atoms with Crippen molar-refractivity contribution >= 4 is 27.6 Å². The summed E-state index contributed by atoms with van der Waals surface area (Å²) < 4.78 is 31.4. The van der Waals surface area contributed by atoms with Crippen molar-refractivity contribution in [1.29, 1.82) is 0 Å². The highest BCUT2D eigenvalue weighted by atomic mass is 32.2. The van der Waals surface area contributed by atoms with Gasteiger partial charge in [-0.3, -0.25) is 9.69 Å². The number of nitrogens with zero attached hydrogens (tertiary/aromatic N) is 1. The van der Waals surface area contributed by atoms with E-state index in [2.05, 4.69) is 0 Å². The number of carboxylic acids is 1. The molecule has 2 rings (SSSR count). The normalized spacial score (nSPS) is 22.7. The molecule has 1 heterocycles. The Morgan fingerprint density at radius 2 is 1.90 bits per heavy atom. The summed E-state index contributed by atoms with van der Waals surface area (Å²) in [6.45, 7) is 9.86. The van der Waals surface area contributed by atoms with Gasteiger partial charge in [0.2, 0.25) is 0 Å². The maximum Gasteiger partial charge on any atom is 0.410 e. The summed E-state index contributed by atoms with van der Waals surface area (Å²) in [5.74, 6) is -1.12. The van der Waals surface area contributed by atoms with Gasteiger partial charge < -0.3 is 15.6 Å². The van der Waals surface area contributed by atoms with E-state index in [1.54, 1.807) is 34.6 Å². The van der Waals surface area contributed by atoms with Gasteiger partial charge in [-0.25, -0.2) is 13.2 Å². The first-order chi connectivity index (χ1) is 13.1. The Morgan fingerprint density at radius 1 is 1.31 bits per heavy atom. The van der Waals surface area contributed by atoms with E-state index in [0.29, 0.717) is 0 Å². The maximum absolute atomic E-state index is 13.0. The zero-order valence-corrected chi connectivity index (χ0v) is 18.5. The number of carboxylic acid groups (broad SMARTS) is 1. The molecule has 1 aliphatic rings. The number of sulfone groups is 1. The monoisotopic (exact) mass is 426 g/mol. The number of hydrogen-bond acceptors (Lipinski definition) is 6. The van der Waals surface area contributed by atoms with Crippen molar-refractivity contribution < 1.29 is 27.9 Å². The van der Waals surface area contributed by atoms with Crippen LogP contribution in [0.2, 0.25) is 0 Å². The SMILES string of the molecule is CC(C)S(=O)(=O)c1ccc(N)cc1[C@@H]1N(C(=O)OC(C)(C)C)CC[C@]1(C)C(=O)O. The van der Waals surface area contributed by atoms with E-state index in [9.17, 15) is 23.1 Å². The van der Waals surface area contributed by atoms with Crippen LogP contribution in [0.3, 0.4) is 0 Å². The molecule has 1 aliphatic heterocycles. The molecule has 8 nitrogen and oxygen atoms in total. The van der Waals surface area contributed by atoms with Crippen LogP contribution in [0, 0.1) is 5.41 Å². The Bertz CT molecular complexity index is 919. The molecule has 3 N–H and O–H groups in total. The fraction of sp³-hybridized carbons (Fsp3) is 0.600. The first kappa shape index (κ1) is 23.0. The van der Waals surface area contributed by atoms with Crippen LogP contribution in [-0.4, -0.2) is 47.9 Å². The summed E-state index contributed by atoms with van der Waals surface area (Å²) in [5, 5.41) is 9.22. The third kappa shape index (κ3) is 4.34. The third-order valence-corrected chi connectivity index (χ3v) is 7.39. The molecular formula is C20H30N2O6S. The topological polar surface area (TPSA) is 127 Å². The molecule has 0 unspecified atom stereocenters. The first-order valence-electron chi connectivity index (χ1n) is 9.47. The Hall–Kier alpha value is -2.29. The summed E-state index contributed by atoms with van der Waals surface area (Å²) in [7, 11) is -3.75. The van der Waals surface area contributed by atoms with Gasteiger partial charge in [-0.1, -0.05) is 0 Å². The number of benzene rings is 1. The zero-order valence-electron chi connectivity index (χ0n) is 17.7. The molecule has 0 radical (unpaired) electrons. The Labute approximate surface area is 171 Å². The number of likely N-dealkylation sites (tertiary alicyclic amines) is 1. The number of anilines is 1. The van der Waals surface area contributed by atoms with Gasteiger partial charge in [0.1, 0.15) is 5.60 Å². The Kier molecular flexibility index (Phi) is 5.96. The number of ether oxygens (including phenoxy) is 1. The summed E-state index contributed by atoms with van der Waals surface area (Å²) in [4.78, 5) is 26.3. The molecule has 29 heavy (non-hydrogen) atoms. The summed E-state index contributed by atoms with van der Waals surface area (Å²) >= 11 is 0. The largest absolute Gasteiger partial charge is 0.481 e. The number of carbonyl (C=O) groups excluding carboxylic acids is 1. The van der Waals surface area contributed by atoms with E-state index in [0.717, 1.165) is 0 Å². The van der Waals surface area contributed by atoms with Crippen molar-refractivity contribution in [1.82, 2.24) is 4.90 Å². The van der Waals surface area contributed by atoms with Gasteiger partial charge in [-0.05, 0) is 71.7 Å². The van der Waals surface area contributed by atoms with E-state index in [1.807, 2.05) is 0 Å². The van der Waals surface area contributed by atoms with E-state index >= 15 is 0 Å². The molecule has 2 atom stereocenters. The first-order valence-corrected chi connectivity index (χ1v) is 11.0. The molecule has 1 aromatic rings. The quantitative estimate of drug-likeness (QED) is 0.708. The molecule has 0 spiro atoms. The Morgan fingerprint density at radius 3 is 2.38 bits per heavy atom. The van der Waals surface area contributed by atoms with Gasteiger partial charge in [-0.2, -0.15) is 0 Å². The lowest BCUT2D eigenvalue weighted by Crippen LogP contribution is -2.41. The molecule has 0 saturated carbocycles. The van der Waals surface area contributed by atoms with Crippen molar-refractivity contribution in [3.05, 3.63) is 23.8 Å². The number of carbonyl (C=O) groups is 2. The van der Waals surface area contributed by atoms with E-state index in [1.165, 1.54) is 30.0 Å². The average Bonchev–Trinajstić information content (AvgIpc) is 2.91. The fourth-order valence-corrected chi connectivity index (χ4v) is 4.77. The number of nitrogen functional groups attached to an aromatic ring is 1. The third-order valence-electron chi connectivity index (χ3n) is 5.16. The minimum atomic E-state index is -3.75. The lowest BCUT2D eigenvalue weighted by Gasteiger charge is -2.35. The smallest absolute Gasteiger partial charge is 0.410 e. The van der Waals surface area contributed by atoms with Gasteiger partial charge >= 0.3 is 12.1 Å². The summed E-state index contributed by atoms with van der Waals surface area (Å²) in [6.07, 6.45) is -0.537. The molecule has 1 saturated heterocycles. The summed E-state index contributed by atoms with van der Waals surface area (Å²) in [5.41, 5.74) is 4.23. The van der Waals surface area contributed by atoms with Crippen molar-refractivity contribution in [2.24, 2.45) is 5.41 Å². The van der Waals surface area contributed by atoms with Crippen molar-refractivity contribution in [2.45, 2.75) is 69.8 Å². The predicted octanol–water partition coefficient (Wildman–Crippen LogP) is 3.22. The number of aliphatic carboxylic acids is 1. The minimum absolute atomic E-state index is 0.0189. The highest BCUT2D eigenvalue weighted by Crippen LogP contribution is 2.50. The molecule has 0 aromatic heterocycles. The van der Waals surface area contributed by atoms with Crippen molar-refractivity contribution in [3.63, 3.8) is 0 Å². The maximum atomic E-state index is 13.0. The zero-order chi connectivity index (χ0) is 22.4. The van der Waals surface area contributed by atoms with Crippen LogP contribution >= 0.6 is 0 Å². The number of amides is 1. The highest BCUT2D eigenvalue weighted by Gasteiger charge is 2.54.